The van der Waals surface area contributed by atoms with Crippen molar-refractivity contribution >= 4 is 29.7 Å². The average molecular weight is 252 g/mol. The highest BCUT2D eigenvalue weighted by molar-refractivity contribution is 7.14. The number of hydrogen-bond acceptors (Lipinski definition) is 4. The van der Waals surface area contributed by atoms with Crippen molar-refractivity contribution in [2.24, 2.45) is 0 Å². The summed E-state index contributed by atoms with van der Waals surface area (Å²) in [4.78, 5) is 23.6. The highest BCUT2D eigenvalue weighted by Gasteiger charge is 2.13. The molecule has 0 N–H and O–H groups in total. The minimum atomic E-state index is -0.485. The highest BCUT2D eigenvalue weighted by atomic mass is 32.1. The summed E-state index contributed by atoms with van der Waals surface area (Å²) >= 11 is 1.36. The molecule has 92 valence electrons. The Kier molecular flexibility index (Phi) is 4.23. The molecule has 0 saturated heterocycles. The molecule has 0 atom stereocenters. The Balaban J connectivity index is 2.70. The summed E-state index contributed by atoms with van der Waals surface area (Å²) in [6, 6.07) is 1.87. The van der Waals surface area contributed by atoms with Crippen LogP contribution in [0.15, 0.2) is 12.1 Å². The Labute approximate surface area is 105 Å². The Bertz CT molecular complexity index is 450. The summed E-state index contributed by atoms with van der Waals surface area (Å²) in [7, 11) is 0. The number of carbonyl (C=O) groups is 2. The number of thiophene rings is 1. The number of rotatable bonds is 3. The van der Waals surface area contributed by atoms with Gasteiger partial charge in [-0.25, -0.2) is 4.79 Å². The van der Waals surface area contributed by atoms with E-state index in [2.05, 4.69) is 0 Å². The summed E-state index contributed by atoms with van der Waals surface area (Å²) in [6.45, 7) is 7.32. The molecule has 0 saturated carbocycles. The van der Waals surface area contributed by atoms with Gasteiger partial charge < -0.3 is 4.74 Å². The van der Waals surface area contributed by atoms with Gasteiger partial charge in [0.2, 0.25) is 0 Å². The van der Waals surface area contributed by atoms with Gasteiger partial charge >= 0.3 is 5.97 Å². The van der Waals surface area contributed by atoms with Gasteiger partial charge in [0, 0.05) is 11.0 Å². The van der Waals surface area contributed by atoms with Crippen molar-refractivity contribution in [3.63, 3.8) is 0 Å². The molecular formula is C13H16O3S. The first-order valence-electron chi connectivity index (χ1n) is 5.28. The molecule has 0 aliphatic heterocycles. The van der Waals surface area contributed by atoms with Crippen LogP contribution in [-0.2, 0) is 9.53 Å². The molecule has 1 rings (SSSR count). The lowest BCUT2D eigenvalue weighted by Gasteiger charge is -2.17. The minimum Gasteiger partial charge on any atom is -0.457 e. The fourth-order valence-corrected chi connectivity index (χ4v) is 2.10. The van der Waals surface area contributed by atoms with E-state index in [4.69, 9.17) is 4.74 Å². The van der Waals surface area contributed by atoms with Crippen molar-refractivity contribution in [1.29, 1.82) is 0 Å². The van der Waals surface area contributed by atoms with E-state index < -0.39 is 5.60 Å². The van der Waals surface area contributed by atoms with Gasteiger partial charge in [-0.3, -0.25) is 4.79 Å². The molecule has 1 aromatic heterocycles. The number of aldehydes is 1. The van der Waals surface area contributed by atoms with Crippen LogP contribution in [0.3, 0.4) is 0 Å². The van der Waals surface area contributed by atoms with Crippen molar-refractivity contribution in [3.8, 4) is 0 Å². The molecule has 0 amide bonds. The standard InChI is InChI=1S/C13H16O3S/c1-9-7-10(17-11(9)8-14)5-6-12(15)16-13(2,3)4/h5-8H,1-4H3. The SMILES string of the molecule is Cc1cc(C=CC(=O)OC(C)(C)C)sc1C=O. The molecule has 0 unspecified atom stereocenters. The number of aryl methyl sites for hydroxylation is 1. The lowest BCUT2D eigenvalue weighted by Crippen LogP contribution is -2.22. The lowest BCUT2D eigenvalue weighted by molar-refractivity contribution is -0.148. The van der Waals surface area contributed by atoms with Crippen LogP contribution < -0.4 is 0 Å². The monoisotopic (exact) mass is 252 g/mol. The van der Waals surface area contributed by atoms with Crippen LogP contribution in [0.25, 0.3) is 6.08 Å². The Morgan fingerprint density at radius 2 is 2.06 bits per heavy atom. The van der Waals surface area contributed by atoms with E-state index in [-0.39, 0.29) is 5.97 Å². The average Bonchev–Trinajstić information content (AvgIpc) is 2.53. The third-order valence-electron chi connectivity index (χ3n) is 1.87. The second kappa shape index (κ2) is 5.27. The van der Waals surface area contributed by atoms with Crippen LogP contribution >= 0.6 is 11.3 Å². The first kappa shape index (κ1) is 13.6. The van der Waals surface area contributed by atoms with Crippen LogP contribution in [0.4, 0.5) is 0 Å². The zero-order chi connectivity index (χ0) is 13.1. The van der Waals surface area contributed by atoms with E-state index in [9.17, 15) is 9.59 Å². The maximum absolute atomic E-state index is 11.4. The Hall–Kier alpha value is -1.42. The molecular weight excluding hydrogens is 236 g/mol. The second-order valence-electron chi connectivity index (χ2n) is 4.68. The summed E-state index contributed by atoms with van der Waals surface area (Å²) in [5.41, 5.74) is 0.439. The maximum atomic E-state index is 11.4. The van der Waals surface area contributed by atoms with Gasteiger partial charge in [0.15, 0.2) is 6.29 Å². The fraction of sp³-hybridized carbons (Fsp3) is 0.385. The quantitative estimate of drug-likeness (QED) is 0.471. The fourth-order valence-electron chi connectivity index (χ4n) is 1.21. The van der Waals surface area contributed by atoms with Gasteiger partial charge in [0.05, 0.1) is 4.88 Å². The van der Waals surface area contributed by atoms with Crippen molar-refractivity contribution < 1.29 is 14.3 Å². The van der Waals surface area contributed by atoms with E-state index in [0.717, 1.165) is 16.7 Å². The van der Waals surface area contributed by atoms with Crippen LogP contribution in [0, 0.1) is 6.92 Å². The number of esters is 1. The maximum Gasteiger partial charge on any atom is 0.331 e. The first-order valence-corrected chi connectivity index (χ1v) is 6.10. The number of hydrogen-bond donors (Lipinski definition) is 0. The Morgan fingerprint density at radius 3 is 2.53 bits per heavy atom. The topological polar surface area (TPSA) is 43.4 Å². The molecule has 0 bridgehead atoms. The third-order valence-corrected chi connectivity index (χ3v) is 3.00. The summed E-state index contributed by atoms with van der Waals surface area (Å²) < 4.78 is 5.13. The van der Waals surface area contributed by atoms with Crippen LogP contribution in [0.2, 0.25) is 0 Å². The number of ether oxygens (including phenoxy) is 1. The molecule has 1 aromatic rings. The highest BCUT2D eigenvalue weighted by Crippen LogP contribution is 2.21. The van der Waals surface area contributed by atoms with Crippen LogP contribution in [0.5, 0.6) is 0 Å². The largest absolute Gasteiger partial charge is 0.457 e. The van der Waals surface area contributed by atoms with Crippen molar-refractivity contribution in [2.75, 3.05) is 0 Å². The van der Waals surface area contributed by atoms with Crippen molar-refractivity contribution in [2.45, 2.75) is 33.3 Å². The van der Waals surface area contributed by atoms with E-state index >= 15 is 0 Å². The summed E-state index contributed by atoms with van der Waals surface area (Å²) in [5, 5.41) is 0. The van der Waals surface area contributed by atoms with E-state index in [1.807, 2.05) is 33.8 Å². The lowest BCUT2D eigenvalue weighted by atomic mass is 10.2. The van der Waals surface area contributed by atoms with E-state index in [1.165, 1.54) is 17.4 Å². The van der Waals surface area contributed by atoms with Gasteiger partial charge in [-0.1, -0.05) is 0 Å². The molecule has 4 heteroatoms. The van der Waals surface area contributed by atoms with E-state index in [1.54, 1.807) is 6.08 Å². The Morgan fingerprint density at radius 1 is 1.41 bits per heavy atom. The van der Waals surface area contributed by atoms with E-state index in [0.29, 0.717) is 4.88 Å². The third kappa shape index (κ3) is 4.53. The molecule has 0 radical (unpaired) electrons. The van der Waals surface area contributed by atoms with Gasteiger partial charge in [0.25, 0.3) is 0 Å². The molecule has 3 nitrogen and oxygen atoms in total. The van der Waals surface area contributed by atoms with Crippen LogP contribution in [-0.4, -0.2) is 17.9 Å². The van der Waals surface area contributed by atoms with Crippen molar-refractivity contribution in [1.82, 2.24) is 0 Å². The first-order chi connectivity index (χ1) is 7.81. The normalized spacial score (nSPS) is 11.8. The molecule has 17 heavy (non-hydrogen) atoms. The second-order valence-corrected chi connectivity index (χ2v) is 5.80. The molecule has 0 aliphatic rings. The zero-order valence-electron chi connectivity index (χ0n) is 10.4. The molecule has 1 heterocycles. The molecule has 0 aromatic carbocycles. The van der Waals surface area contributed by atoms with Gasteiger partial charge in [-0.2, -0.15) is 0 Å². The van der Waals surface area contributed by atoms with Crippen molar-refractivity contribution in [3.05, 3.63) is 27.5 Å². The van der Waals surface area contributed by atoms with Gasteiger partial charge in [-0.15, -0.1) is 11.3 Å². The number of carbonyl (C=O) groups excluding carboxylic acids is 2. The van der Waals surface area contributed by atoms with Gasteiger partial charge in [-0.05, 0) is 45.4 Å². The predicted octanol–water partition coefficient (Wildman–Crippen LogP) is 3.22. The smallest absolute Gasteiger partial charge is 0.331 e. The summed E-state index contributed by atoms with van der Waals surface area (Å²) in [5.74, 6) is -0.379. The minimum absolute atomic E-state index is 0.379. The summed E-state index contributed by atoms with van der Waals surface area (Å²) in [6.07, 6.45) is 3.87. The molecule has 0 spiro atoms. The molecule has 0 fully saturated rings. The van der Waals surface area contributed by atoms with Gasteiger partial charge in [0.1, 0.15) is 5.60 Å². The zero-order valence-corrected chi connectivity index (χ0v) is 11.3. The molecule has 0 aliphatic carbocycles. The predicted molar refractivity (Wildman–Crippen MR) is 69.3 cm³/mol. The van der Waals surface area contributed by atoms with Crippen LogP contribution in [0.1, 0.15) is 40.9 Å².